The highest BCUT2D eigenvalue weighted by atomic mass is 16.6. The SMILES string of the molecule is COc1ccccc1C(CNc1ccc(C(C)=O)cc1[N+](=O)[O-])N(C)C. The third kappa shape index (κ3) is 4.37. The summed E-state index contributed by atoms with van der Waals surface area (Å²) < 4.78 is 5.43. The van der Waals surface area contributed by atoms with Gasteiger partial charge in [0.05, 0.1) is 18.1 Å². The molecule has 0 fully saturated rings. The summed E-state index contributed by atoms with van der Waals surface area (Å²) in [5.74, 6) is 0.550. The van der Waals surface area contributed by atoms with E-state index in [9.17, 15) is 14.9 Å². The van der Waals surface area contributed by atoms with E-state index in [0.29, 0.717) is 17.8 Å². The number of rotatable bonds is 8. The van der Waals surface area contributed by atoms with E-state index in [1.54, 1.807) is 19.2 Å². The van der Waals surface area contributed by atoms with Gasteiger partial charge >= 0.3 is 0 Å². The number of hydrogen-bond donors (Lipinski definition) is 1. The number of carbonyl (C=O) groups is 1. The van der Waals surface area contributed by atoms with Crippen molar-refractivity contribution in [3.63, 3.8) is 0 Å². The van der Waals surface area contributed by atoms with Gasteiger partial charge in [-0.1, -0.05) is 18.2 Å². The fraction of sp³-hybridized carbons (Fsp3) is 0.316. The average Bonchev–Trinajstić information content (AvgIpc) is 2.61. The number of nitrogens with zero attached hydrogens (tertiary/aromatic N) is 2. The molecular weight excluding hydrogens is 334 g/mol. The molecule has 0 heterocycles. The number of Topliss-reactive ketones (excluding diaryl/α,β-unsaturated/α-hetero) is 1. The summed E-state index contributed by atoms with van der Waals surface area (Å²) >= 11 is 0. The van der Waals surface area contributed by atoms with Gasteiger partial charge < -0.3 is 15.0 Å². The van der Waals surface area contributed by atoms with Crippen molar-refractivity contribution in [3.8, 4) is 5.75 Å². The highest BCUT2D eigenvalue weighted by Crippen LogP contribution is 2.30. The number of nitro groups is 1. The molecule has 0 bridgehead atoms. The summed E-state index contributed by atoms with van der Waals surface area (Å²) in [6, 6.07) is 12.1. The van der Waals surface area contributed by atoms with Crippen LogP contribution in [-0.4, -0.2) is 43.4 Å². The van der Waals surface area contributed by atoms with E-state index in [1.807, 2.05) is 43.3 Å². The third-order valence-electron chi connectivity index (χ3n) is 4.21. The van der Waals surface area contributed by atoms with Crippen molar-refractivity contribution in [1.82, 2.24) is 4.90 Å². The molecule has 0 amide bonds. The Hall–Kier alpha value is -2.93. The Morgan fingerprint density at radius 2 is 1.96 bits per heavy atom. The lowest BCUT2D eigenvalue weighted by Crippen LogP contribution is -2.27. The Balaban J connectivity index is 2.30. The van der Waals surface area contributed by atoms with E-state index in [2.05, 4.69) is 5.32 Å². The predicted octanol–water partition coefficient (Wildman–Crippen LogP) is 3.52. The molecule has 7 nitrogen and oxygen atoms in total. The molecular formula is C19H23N3O4. The molecule has 0 aliphatic heterocycles. The van der Waals surface area contributed by atoms with Crippen LogP contribution in [0.4, 0.5) is 11.4 Å². The molecule has 2 rings (SSSR count). The van der Waals surface area contributed by atoms with Gasteiger partial charge in [-0.05, 0) is 39.2 Å². The summed E-state index contributed by atoms with van der Waals surface area (Å²) in [6.45, 7) is 1.82. The van der Waals surface area contributed by atoms with Gasteiger partial charge in [0.1, 0.15) is 11.4 Å². The van der Waals surface area contributed by atoms with E-state index in [-0.39, 0.29) is 17.5 Å². The van der Waals surface area contributed by atoms with Crippen LogP contribution in [0.2, 0.25) is 0 Å². The largest absolute Gasteiger partial charge is 0.496 e. The molecule has 1 unspecified atom stereocenters. The molecule has 1 atom stereocenters. The van der Waals surface area contributed by atoms with Crippen LogP contribution in [0, 0.1) is 10.1 Å². The number of hydrogen-bond acceptors (Lipinski definition) is 6. The molecule has 2 aromatic rings. The number of benzene rings is 2. The van der Waals surface area contributed by atoms with E-state index >= 15 is 0 Å². The monoisotopic (exact) mass is 357 g/mol. The summed E-state index contributed by atoms with van der Waals surface area (Å²) in [6.07, 6.45) is 0. The van der Waals surface area contributed by atoms with Gasteiger partial charge in [-0.3, -0.25) is 14.9 Å². The zero-order valence-corrected chi connectivity index (χ0v) is 15.4. The highest BCUT2D eigenvalue weighted by molar-refractivity contribution is 5.95. The standard InChI is InChI=1S/C19H23N3O4/c1-13(23)14-9-10-16(17(11-14)22(24)25)20-12-18(21(2)3)15-7-5-6-8-19(15)26-4/h5-11,18,20H,12H2,1-4H3. The van der Waals surface area contributed by atoms with Gasteiger partial charge in [-0.15, -0.1) is 0 Å². The Labute approximate surface area is 152 Å². The molecule has 7 heteroatoms. The first-order chi connectivity index (χ1) is 12.3. The van der Waals surface area contributed by atoms with Crippen LogP contribution in [-0.2, 0) is 0 Å². The van der Waals surface area contributed by atoms with Gasteiger partial charge in [0.25, 0.3) is 5.69 Å². The molecule has 2 aromatic carbocycles. The maximum absolute atomic E-state index is 11.5. The van der Waals surface area contributed by atoms with Crippen molar-refractivity contribution in [3.05, 3.63) is 63.7 Å². The maximum atomic E-state index is 11.5. The highest BCUT2D eigenvalue weighted by Gasteiger charge is 2.21. The summed E-state index contributed by atoms with van der Waals surface area (Å²) in [5, 5.41) is 14.5. The van der Waals surface area contributed by atoms with E-state index in [0.717, 1.165) is 11.3 Å². The second kappa shape index (κ2) is 8.44. The van der Waals surface area contributed by atoms with Gasteiger partial charge in [0.2, 0.25) is 0 Å². The zero-order chi connectivity index (χ0) is 19.3. The molecule has 0 aliphatic carbocycles. The first-order valence-electron chi connectivity index (χ1n) is 8.17. The Kier molecular flexibility index (Phi) is 6.30. The van der Waals surface area contributed by atoms with Crippen LogP contribution in [0.3, 0.4) is 0 Å². The number of carbonyl (C=O) groups excluding carboxylic acids is 1. The maximum Gasteiger partial charge on any atom is 0.293 e. The van der Waals surface area contributed by atoms with Crippen molar-refractivity contribution in [2.24, 2.45) is 0 Å². The number of ether oxygens (including phenoxy) is 1. The normalized spacial score (nSPS) is 11.9. The fourth-order valence-electron chi connectivity index (χ4n) is 2.77. The second-order valence-electron chi connectivity index (χ2n) is 6.15. The van der Waals surface area contributed by atoms with Crippen molar-refractivity contribution < 1.29 is 14.5 Å². The minimum Gasteiger partial charge on any atom is -0.496 e. The Bertz CT molecular complexity index is 805. The third-order valence-corrected chi connectivity index (χ3v) is 4.21. The first kappa shape index (κ1) is 19.4. The molecule has 1 N–H and O–H groups in total. The molecule has 26 heavy (non-hydrogen) atoms. The van der Waals surface area contributed by atoms with Gasteiger partial charge in [-0.2, -0.15) is 0 Å². The fourth-order valence-corrected chi connectivity index (χ4v) is 2.77. The van der Waals surface area contributed by atoms with Gasteiger partial charge in [0.15, 0.2) is 5.78 Å². The molecule has 0 saturated carbocycles. The molecule has 138 valence electrons. The number of likely N-dealkylation sites (N-methyl/N-ethyl adjacent to an activating group) is 1. The van der Waals surface area contributed by atoms with Crippen LogP contribution < -0.4 is 10.1 Å². The lowest BCUT2D eigenvalue weighted by Gasteiger charge is -2.27. The number of nitrogens with one attached hydrogen (secondary N) is 1. The van der Waals surface area contributed by atoms with Crippen molar-refractivity contribution >= 4 is 17.2 Å². The van der Waals surface area contributed by atoms with Crippen LogP contribution in [0.1, 0.15) is 28.9 Å². The number of para-hydroxylation sites is 1. The molecule has 0 spiro atoms. The molecule has 0 aromatic heterocycles. The Morgan fingerprint density at radius 3 is 2.54 bits per heavy atom. The Morgan fingerprint density at radius 1 is 1.27 bits per heavy atom. The number of ketones is 1. The van der Waals surface area contributed by atoms with E-state index in [1.165, 1.54) is 13.0 Å². The van der Waals surface area contributed by atoms with Crippen LogP contribution in [0.5, 0.6) is 5.75 Å². The molecule has 0 aliphatic rings. The lowest BCUT2D eigenvalue weighted by atomic mass is 10.0. The van der Waals surface area contributed by atoms with Gasteiger partial charge in [-0.25, -0.2) is 0 Å². The average molecular weight is 357 g/mol. The van der Waals surface area contributed by atoms with Crippen LogP contribution in [0.25, 0.3) is 0 Å². The second-order valence-corrected chi connectivity index (χ2v) is 6.15. The number of methoxy groups -OCH3 is 1. The van der Waals surface area contributed by atoms with Crippen LogP contribution in [0.15, 0.2) is 42.5 Å². The minimum atomic E-state index is -0.484. The van der Waals surface area contributed by atoms with Crippen molar-refractivity contribution in [1.29, 1.82) is 0 Å². The molecule has 0 radical (unpaired) electrons. The smallest absolute Gasteiger partial charge is 0.293 e. The van der Waals surface area contributed by atoms with E-state index in [4.69, 9.17) is 4.74 Å². The topological polar surface area (TPSA) is 84.7 Å². The van der Waals surface area contributed by atoms with Crippen molar-refractivity contribution in [2.45, 2.75) is 13.0 Å². The minimum absolute atomic E-state index is 0.0572. The van der Waals surface area contributed by atoms with E-state index < -0.39 is 4.92 Å². The summed E-state index contributed by atoms with van der Waals surface area (Å²) in [7, 11) is 5.49. The lowest BCUT2D eigenvalue weighted by molar-refractivity contribution is -0.384. The zero-order valence-electron chi connectivity index (χ0n) is 15.4. The summed E-state index contributed by atoms with van der Waals surface area (Å²) in [5.41, 5.74) is 1.56. The number of nitro benzene ring substituents is 1. The quantitative estimate of drug-likeness (QED) is 0.442. The van der Waals surface area contributed by atoms with Crippen LogP contribution >= 0.6 is 0 Å². The summed E-state index contributed by atoms with van der Waals surface area (Å²) in [4.78, 5) is 24.4. The first-order valence-corrected chi connectivity index (χ1v) is 8.17. The number of anilines is 1. The van der Waals surface area contributed by atoms with Crippen molar-refractivity contribution in [2.75, 3.05) is 33.1 Å². The molecule has 0 saturated heterocycles. The van der Waals surface area contributed by atoms with Gasteiger partial charge in [0, 0.05) is 23.7 Å². The predicted molar refractivity (Wildman–Crippen MR) is 101 cm³/mol.